The van der Waals surface area contributed by atoms with Crippen LogP contribution in [0.1, 0.15) is 13.8 Å². The lowest BCUT2D eigenvalue weighted by Crippen LogP contribution is -2.20. The summed E-state index contributed by atoms with van der Waals surface area (Å²) in [6, 6.07) is 30.1. The molecule has 0 radical (unpaired) electrons. The summed E-state index contributed by atoms with van der Waals surface area (Å²) in [6.07, 6.45) is 0. The van der Waals surface area contributed by atoms with Gasteiger partial charge >= 0.3 is 0 Å². The van der Waals surface area contributed by atoms with Crippen LogP contribution in [0.4, 0.5) is 22.7 Å². The highest BCUT2D eigenvalue weighted by molar-refractivity contribution is 8.00. The van der Waals surface area contributed by atoms with Crippen molar-refractivity contribution in [1.82, 2.24) is 0 Å². The SMILES string of the molecule is CCN1c2ccccc2Sc2cc(Oc3ccc4c(c3)Sc3ccccc3N4CC)ccc21. The predicted molar refractivity (Wildman–Crippen MR) is 139 cm³/mol. The van der Waals surface area contributed by atoms with E-state index in [1.54, 1.807) is 0 Å². The van der Waals surface area contributed by atoms with E-state index in [0.717, 1.165) is 24.6 Å². The van der Waals surface area contributed by atoms with Crippen LogP contribution < -0.4 is 14.5 Å². The number of fused-ring (bicyclic) bond motifs is 4. The Labute approximate surface area is 203 Å². The summed E-state index contributed by atoms with van der Waals surface area (Å²) in [5.41, 5.74) is 5.03. The van der Waals surface area contributed by atoms with Crippen LogP contribution in [-0.2, 0) is 0 Å². The van der Waals surface area contributed by atoms with Crippen molar-refractivity contribution >= 4 is 46.3 Å². The van der Waals surface area contributed by atoms with E-state index < -0.39 is 0 Å². The first-order valence-corrected chi connectivity index (χ1v) is 12.9. The highest BCUT2D eigenvalue weighted by Gasteiger charge is 2.24. The fourth-order valence-electron chi connectivity index (χ4n) is 4.57. The zero-order chi connectivity index (χ0) is 22.4. The lowest BCUT2D eigenvalue weighted by molar-refractivity contribution is 0.480. The summed E-state index contributed by atoms with van der Waals surface area (Å²) in [5, 5.41) is 0. The summed E-state index contributed by atoms with van der Waals surface area (Å²) in [6.45, 7) is 6.26. The second kappa shape index (κ2) is 8.40. The van der Waals surface area contributed by atoms with Crippen molar-refractivity contribution in [2.45, 2.75) is 33.4 Å². The third kappa shape index (κ3) is 3.56. The quantitative estimate of drug-likeness (QED) is 0.297. The Bertz CT molecular complexity index is 1250. The van der Waals surface area contributed by atoms with Gasteiger partial charge < -0.3 is 14.5 Å². The molecule has 0 spiro atoms. The van der Waals surface area contributed by atoms with Gasteiger partial charge in [-0.3, -0.25) is 0 Å². The fraction of sp³-hybridized carbons (Fsp3) is 0.143. The number of para-hydroxylation sites is 2. The molecule has 33 heavy (non-hydrogen) atoms. The first-order chi connectivity index (χ1) is 16.2. The van der Waals surface area contributed by atoms with Crippen molar-refractivity contribution in [3.05, 3.63) is 84.9 Å². The highest BCUT2D eigenvalue weighted by Crippen LogP contribution is 2.51. The molecule has 0 saturated heterocycles. The van der Waals surface area contributed by atoms with E-state index in [2.05, 4.69) is 109 Å². The monoisotopic (exact) mass is 468 g/mol. The summed E-state index contributed by atoms with van der Waals surface area (Å²) >= 11 is 3.62. The smallest absolute Gasteiger partial charge is 0.128 e. The van der Waals surface area contributed by atoms with Crippen molar-refractivity contribution in [3.8, 4) is 11.5 Å². The van der Waals surface area contributed by atoms with Crippen LogP contribution in [0.15, 0.2) is 105 Å². The summed E-state index contributed by atoms with van der Waals surface area (Å²) in [5.74, 6) is 1.73. The molecule has 0 fully saturated rings. The van der Waals surface area contributed by atoms with Crippen LogP contribution in [0.5, 0.6) is 11.5 Å². The van der Waals surface area contributed by atoms with Gasteiger partial charge in [0, 0.05) is 32.7 Å². The molecule has 2 aliphatic rings. The molecule has 164 valence electrons. The van der Waals surface area contributed by atoms with E-state index in [9.17, 15) is 0 Å². The molecule has 3 nitrogen and oxygen atoms in total. The van der Waals surface area contributed by atoms with Crippen molar-refractivity contribution < 1.29 is 4.74 Å². The van der Waals surface area contributed by atoms with Gasteiger partial charge in [0.15, 0.2) is 0 Å². The topological polar surface area (TPSA) is 15.7 Å². The first kappa shape index (κ1) is 20.6. The molecule has 4 aromatic carbocycles. The third-order valence-corrected chi connectivity index (χ3v) is 8.29. The van der Waals surface area contributed by atoms with Gasteiger partial charge in [0.2, 0.25) is 0 Å². The molecule has 0 N–H and O–H groups in total. The summed E-state index contributed by atoms with van der Waals surface area (Å²) in [4.78, 5) is 9.77. The van der Waals surface area contributed by atoms with Crippen molar-refractivity contribution in [1.29, 1.82) is 0 Å². The number of benzene rings is 4. The molecule has 2 heterocycles. The van der Waals surface area contributed by atoms with Gasteiger partial charge in [-0.1, -0.05) is 47.8 Å². The number of hydrogen-bond donors (Lipinski definition) is 0. The third-order valence-electron chi connectivity index (χ3n) is 6.06. The van der Waals surface area contributed by atoms with E-state index >= 15 is 0 Å². The second-order valence-corrected chi connectivity index (χ2v) is 10.2. The molecule has 0 unspecified atom stereocenters. The Morgan fingerprint density at radius 2 is 0.970 bits per heavy atom. The molecular formula is C28H24N2OS2. The van der Waals surface area contributed by atoms with E-state index in [1.165, 1.54) is 42.3 Å². The van der Waals surface area contributed by atoms with Crippen LogP contribution in [0.25, 0.3) is 0 Å². The predicted octanol–water partition coefficient (Wildman–Crippen LogP) is 8.72. The Morgan fingerprint density at radius 1 is 0.545 bits per heavy atom. The zero-order valence-electron chi connectivity index (χ0n) is 18.6. The molecule has 5 heteroatoms. The minimum atomic E-state index is 0.866. The Hall–Kier alpha value is -3.02. The highest BCUT2D eigenvalue weighted by atomic mass is 32.2. The van der Waals surface area contributed by atoms with Gasteiger partial charge in [-0.05, 0) is 74.5 Å². The van der Waals surface area contributed by atoms with Gasteiger partial charge in [-0.15, -0.1) is 0 Å². The number of nitrogens with zero attached hydrogens (tertiary/aromatic N) is 2. The maximum absolute atomic E-state index is 6.36. The normalized spacial score (nSPS) is 13.6. The van der Waals surface area contributed by atoms with Gasteiger partial charge in [0.25, 0.3) is 0 Å². The molecule has 0 aromatic heterocycles. The molecule has 0 aliphatic carbocycles. The van der Waals surface area contributed by atoms with Gasteiger partial charge in [-0.25, -0.2) is 0 Å². The van der Waals surface area contributed by atoms with Crippen molar-refractivity contribution in [2.24, 2.45) is 0 Å². The van der Waals surface area contributed by atoms with Crippen molar-refractivity contribution in [3.63, 3.8) is 0 Å². The standard InChI is InChI=1S/C28H24N2OS2/c1-3-29-21-9-5-7-11-25(21)32-27-17-19(13-15-23(27)29)31-20-14-16-24-28(18-20)33-26-12-8-6-10-22(26)30(24)4-2/h5-18H,3-4H2,1-2H3. The van der Waals surface area contributed by atoms with Crippen LogP contribution in [0.3, 0.4) is 0 Å². The second-order valence-electron chi connectivity index (χ2n) is 7.99. The van der Waals surface area contributed by atoms with Crippen molar-refractivity contribution in [2.75, 3.05) is 22.9 Å². The minimum Gasteiger partial charge on any atom is -0.457 e. The average Bonchev–Trinajstić information content (AvgIpc) is 2.85. The van der Waals surface area contributed by atoms with Gasteiger partial charge in [0.1, 0.15) is 11.5 Å². The molecule has 4 aromatic rings. The number of rotatable bonds is 4. The number of anilines is 4. The van der Waals surface area contributed by atoms with Crippen LogP contribution in [0, 0.1) is 0 Å². The molecule has 0 atom stereocenters. The lowest BCUT2D eigenvalue weighted by atomic mass is 10.2. The Kier molecular flexibility index (Phi) is 5.24. The first-order valence-electron chi connectivity index (χ1n) is 11.3. The number of hydrogen-bond acceptors (Lipinski definition) is 5. The van der Waals surface area contributed by atoms with E-state index in [-0.39, 0.29) is 0 Å². The largest absolute Gasteiger partial charge is 0.457 e. The summed E-state index contributed by atoms with van der Waals surface area (Å²) in [7, 11) is 0. The molecule has 0 amide bonds. The van der Waals surface area contributed by atoms with Crippen LogP contribution in [-0.4, -0.2) is 13.1 Å². The maximum Gasteiger partial charge on any atom is 0.128 e. The van der Waals surface area contributed by atoms with Crippen LogP contribution >= 0.6 is 23.5 Å². The Morgan fingerprint density at radius 3 is 1.42 bits per heavy atom. The fourth-order valence-corrected chi connectivity index (χ4v) is 6.82. The molecule has 0 saturated carbocycles. The van der Waals surface area contributed by atoms with E-state index in [1.807, 2.05) is 23.5 Å². The molecule has 2 aliphatic heterocycles. The van der Waals surface area contributed by atoms with E-state index in [4.69, 9.17) is 4.74 Å². The van der Waals surface area contributed by atoms with Gasteiger partial charge in [-0.2, -0.15) is 0 Å². The van der Waals surface area contributed by atoms with Crippen LogP contribution in [0.2, 0.25) is 0 Å². The Balaban J connectivity index is 1.30. The zero-order valence-corrected chi connectivity index (χ0v) is 20.2. The lowest BCUT2D eigenvalue weighted by Gasteiger charge is -2.32. The van der Waals surface area contributed by atoms with Gasteiger partial charge in [0.05, 0.1) is 22.7 Å². The minimum absolute atomic E-state index is 0.866. The molecule has 6 rings (SSSR count). The number of ether oxygens (including phenoxy) is 1. The summed E-state index contributed by atoms with van der Waals surface area (Å²) < 4.78 is 6.36. The molecular weight excluding hydrogens is 444 g/mol. The molecule has 0 bridgehead atoms. The maximum atomic E-state index is 6.36. The average molecular weight is 469 g/mol. The van der Waals surface area contributed by atoms with E-state index in [0.29, 0.717) is 0 Å².